The van der Waals surface area contributed by atoms with Gasteiger partial charge in [0.15, 0.2) is 0 Å². The Morgan fingerprint density at radius 2 is 1.70 bits per heavy atom. The van der Waals surface area contributed by atoms with E-state index in [1.807, 2.05) is 61.5 Å². The van der Waals surface area contributed by atoms with Crippen LogP contribution in [0.2, 0.25) is 0 Å². The van der Waals surface area contributed by atoms with Crippen LogP contribution in [-0.2, 0) is 4.79 Å². The molecule has 1 atom stereocenters. The van der Waals surface area contributed by atoms with Gasteiger partial charge in [-0.15, -0.1) is 0 Å². The van der Waals surface area contributed by atoms with Crippen molar-refractivity contribution in [2.24, 2.45) is 0 Å². The first kappa shape index (κ1) is 18.9. The van der Waals surface area contributed by atoms with Gasteiger partial charge >= 0.3 is 0 Å². The van der Waals surface area contributed by atoms with Gasteiger partial charge < -0.3 is 10.6 Å². The first-order chi connectivity index (χ1) is 14.6. The van der Waals surface area contributed by atoms with Crippen molar-refractivity contribution in [3.8, 4) is 0 Å². The number of halogens is 1. The van der Waals surface area contributed by atoms with Gasteiger partial charge in [-0.3, -0.25) is 9.36 Å². The molecule has 5 rings (SSSR count). The predicted octanol–water partition coefficient (Wildman–Crippen LogP) is 5.57. The van der Waals surface area contributed by atoms with E-state index < -0.39 is 0 Å². The van der Waals surface area contributed by atoms with Crippen molar-refractivity contribution in [1.29, 1.82) is 0 Å². The number of carbonyl (C=O) groups is 1. The van der Waals surface area contributed by atoms with E-state index in [-0.39, 0.29) is 11.9 Å². The molecule has 2 heterocycles. The molecule has 3 aromatic carbocycles. The van der Waals surface area contributed by atoms with Crippen molar-refractivity contribution in [2.45, 2.75) is 13.0 Å². The van der Waals surface area contributed by atoms with Crippen molar-refractivity contribution in [2.75, 3.05) is 10.6 Å². The molecule has 2 N–H and O–H groups in total. The van der Waals surface area contributed by atoms with Crippen molar-refractivity contribution < 1.29 is 4.79 Å². The van der Waals surface area contributed by atoms with E-state index in [1.165, 1.54) is 0 Å². The van der Waals surface area contributed by atoms with Gasteiger partial charge in [-0.05, 0) is 71.5 Å². The smallest absolute Gasteiger partial charge is 0.255 e. The SMILES string of the molecule is CC1=C(C(=O)Nc2ccccc2)C(c2ccc(I)cc2)n2c(nc3ccccc32)N1. The third-order valence-electron chi connectivity index (χ3n) is 5.29. The van der Waals surface area contributed by atoms with Gasteiger partial charge in [-0.25, -0.2) is 4.98 Å². The molecule has 0 aliphatic carbocycles. The Kier molecular flexibility index (Phi) is 4.78. The maximum absolute atomic E-state index is 13.5. The summed E-state index contributed by atoms with van der Waals surface area (Å²) in [7, 11) is 0. The molecule has 1 amide bonds. The highest BCUT2D eigenvalue weighted by Crippen LogP contribution is 2.39. The van der Waals surface area contributed by atoms with E-state index in [0.29, 0.717) is 5.57 Å². The fourth-order valence-electron chi connectivity index (χ4n) is 3.94. The maximum Gasteiger partial charge on any atom is 0.255 e. The normalized spacial score (nSPS) is 15.6. The second-order valence-electron chi connectivity index (χ2n) is 7.23. The third kappa shape index (κ3) is 3.27. The van der Waals surface area contributed by atoms with Crippen molar-refractivity contribution in [3.05, 3.63) is 99.3 Å². The summed E-state index contributed by atoms with van der Waals surface area (Å²) in [6.45, 7) is 1.93. The number of benzene rings is 3. The van der Waals surface area contributed by atoms with Gasteiger partial charge in [0.2, 0.25) is 5.95 Å². The highest BCUT2D eigenvalue weighted by atomic mass is 127. The standard InChI is InChI=1S/C24H19IN4O/c1-15-21(23(30)27-18-7-3-2-4-8-18)22(16-11-13-17(25)14-12-16)29-20-10-6-5-9-19(20)28-24(29)26-15/h2-14,22H,1H3,(H,26,28)(H,27,30). The highest BCUT2D eigenvalue weighted by molar-refractivity contribution is 14.1. The molecular weight excluding hydrogens is 487 g/mol. The molecule has 6 heteroatoms. The van der Waals surface area contributed by atoms with Gasteiger partial charge in [-0.2, -0.15) is 0 Å². The van der Waals surface area contributed by atoms with E-state index in [4.69, 9.17) is 4.98 Å². The fraction of sp³-hybridized carbons (Fsp3) is 0.0833. The largest absolute Gasteiger partial charge is 0.329 e. The molecule has 1 aromatic heterocycles. The quantitative estimate of drug-likeness (QED) is 0.358. The summed E-state index contributed by atoms with van der Waals surface area (Å²) in [6.07, 6.45) is 0. The lowest BCUT2D eigenvalue weighted by Crippen LogP contribution is -2.30. The number of amides is 1. The van der Waals surface area contributed by atoms with E-state index in [9.17, 15) is 4.79 Å². The molecule has 0 saturated heterocycles. The number of nitrogens with one attached hydrogen (secondary N) is 2. The molecule has 148 valence electrons. The Morgan fingerprint density at radius 3 is 2.47 bits per heavy atom. The summed E-state index contributed by atoms with van der Waals surface area (Å²) in [4.78, 5) is 18.2. The Hall–Kier alpha value is -3.13. The van der Waals surface area contributed by atoms with Gasteiger partial charge in [0.25, 0.3) is 5.91 Å². The first-order valence-corrected chi connectivity index (χ1v) is 10.8. The lowest BCUT2D eigenvalue weighted by molar-refractivity contribution is -0.113. The van der Waals surface area contributed by atoms with E-state index in [1.54, 1.807) is 0 Å². The molecular formula is C24H19IN4O. The molecule has 5 nitrogen and oxygen atoms in total. The molecule has 1 aliphatic heterocycles. The molecule has 0 fully saturated rings. The molecule has 0 radical (unpaired) electrons. The van der Waals surface area contributed by atoms with Crippen LogP contribution >= 0.6 is 22.6 Å². The average Bonchev–Trinajstić information content (AvgIpc) is 3.12. The second kappa shape index (κ2) is 7.60. The number of anilines is 2. The molecule has 0 saturated carbocycles. The van der Waals surface area contributed by atoms with Gasteiger partial charge in [0.05, 0.1) is 22.6 Å². The van der Waals surface area contributed by atoms with Crippen molar-refractivity contribution in [1.82, 2.24) is 9.55 Å². The Bertz CT molecular complexity index is 1280. The van der Waals surface area contributed by atoms with Crippen LogP contribution in [0.5, 0.6) is 0 Å². The Labute approximate surface area is 188 Å². The van der Waals surface area contributed by atoms with Crippen LogP contribution < -0.4 is 10.6 Å². The maximum atomic E-state index is 13.5. The monoisotopic (exact) mass is 506 g/mol. The number of fused-ring (bicyclic) bond motifs is 3. The average molecular weight is 506 g/mol. The second-order valence-corrected chi connectivity index (χ2v) is 8.48. The fourth-order valence-corrected chi connectivity index (χ4v) is 4.30. The summed E-state index contributed by atoms with van der Waals surface area (Å²) in [6, 6.07) is 25.6. The van der Waals surface area contributed by atoms with E-state index in [2.05, 4.69) is 62.1 Å². The van der Waals surface area contributed by atoms with Crippen LogP contribution in [0.4, 0.5) is 11.6 Å². The zero-order chi connectivity index (χ0) is 20.7. The molecule has 0 bridgehead atoms. The highest BCUT2D eigenvalue weighted by Gasteiger charge is 2.34. The number of nitrogens with zero attached hydrogens (tertiary/aromatic N) is 2. The Morgan fingerprint density at radius 1 is 1.00 bits per heavy atom. The number of hydrogen-bond acceptors (Lipinski definition) is 3. The van der Waals surface area contributed by atoms with Gasteiger partial charge in [-0.1, -0.05) is 42.5 Å². The topological polar surface area (TPSA) is 59.0 Å². The number of rotatable bonds is 3. The van der Waals surface area contributed by atoms with Crippen LogP contribution in [-0.4, -0.2) is 15.5 Å². The summed E-state index contributed by atoms with van der Waals surface area (Å²) >= 11 is 2.30. The summed E-state index contributed by atoms with van der Waals surface area (Å²) < 4.78 is 3.27. The van der Waals surface area contributed by atoms with Crippen LogP contribution in [0.3, 0.4) is 0 Å². The summed E-state index contributed by atoms with van der Waals surface area (Å²) in [5.74, 6) is 0.617. The van der Waals surface area contributed by atoms with E-state index in [0.717, 1.165) is 37.5 Å². The van der Waals surface area contributed by atoms with Crippen LogP contribution in [0.15, 0.2) is 90.1 Å². The number of imidazole rings is 1. The van der Waals surface area contributed by atoms with Gasteiger partial charge in [0.1, 0.15) is 0 Å². The van der Waals surface area contributed by atoms with Crippen LogP contribution in [0, 0.1) is 3.57 Å². The lowest BCUT2D eigenvalue weighted by Gasteiger charge is -2.30. The molecule has 4 aromatic rings. The third-order valence-corrected chi connectivity index (χ3v) is 6.01. The van der Waals surface area contributed by atoms with Crippen molar-refractivity contribution >= 4 is 51.2 Å². The molecule has 30 heavy (non-hydrogen) atoms. The number of para-hydroxylation sites is 3. The van der Waals surface area contributed by atoms with E-state index >= 15 is 0 Å². The Balaban J connectivity index is 1.68. The number of allylic oxidation sites excluding steroid dienone is 1. The number of carbonyl (C=O) groups excluding carboxylic acids is 1. The molecule has 1 unspecified atom stereocenters. The molecule has 1 aliphatic rings. The molecule has 0 spiro atoms. The van der Waals surface area contributed by atoms with Gasteiger partial charge in [0, 0.05) is 15.0 Å². The minimum absolute atomic E-state index is 0.127. The zero-order valence-corrected chi connectivity index (χ0v) is 18.4. The number of hydrogen-bond donors (Lipinski definition) is 2. The number of aromatic nitrogens is 2. The zero-order valence-electron chi connectivity index (χ0n) is 16.3. The lowest BCUT2D eigenvalue weighted by atomic mass is 9.94. The minimum atomic E-state index is -0.283. The summed E-state index contributed by atoms with van der Waals surface area (Å²) in [5, 5.41) is 6.40. The van der Waals surface area contributed by atoms with Crippen molar-refractivity contribution in [3.63, 3.8) is 0 Å². The summed E-state index contributed by atoms with van der Waals surface area (Å²) in [5.41, 5.74) is 5.17. The predicted molar refractivity (Wildman–Crippen MR) is 128 cm³/mol. The van der Waals surface area contributed by atoms with Crippen LogP contribution in [0.1, 0.15) is 18.5 Å². The minimum Gasteiger partial charge on any atom is -0.329 e. The van der Waals surface area contributed by atoms with Crippen LogP contribution in [0.25, 0.3) is 11.0 Å². The first-order valence-electron chi connectivity index (χ1n) is 9.68.